The molecule has 3 rings (SSSR count). The molecule has 1 aliphatic heterocycles. The van der Waals surface area contributed by atoms with E-state index in [0.717, 1.165) is 24.6 Å². The Bertz CT molecular complexity index is 527. The molecule has 2 N–H and O–H groups in total. The first kappa shape index (κ1) is 12.6. The van der Waals surface area contributed by atoms with Crippen LogP contribution in [0.15, 0.2) is 24.4 Å². The highest BCUT2D eigenvalue weighted by atomic mass is 15.3. The Morgan fingerprint density at radius 3 is 3.21 bits per heavy atom. The molecule has 0 spiro atoms. The number of nitrogens with zero attached hydrogens (tertiary/aromatic N) is 3. The summed E-state index contributed by atoms with van der Waals surface area (Å²) in [6.45, 7) is 4.41. The number of pyridine rings is 1. The van der Waals surface area contributed by atoms with Gasteiger partial charge in [-0.05, 0) is 51.4 Å². The summed E-state index contributed by atoms with van der Waals surface area (Å²) < 4.78 is 2.06. The molecule has 1 aliphatic rings. The Hall–Kier alpha value is -1.46. The summed E-state index contributed by atoms with van der Waals surface area (Å²) in [4.78, 5) is 0. The van der Waals surface area contributed by atoms with Gasteiger partial charge in [0.2, 0.25) is 0 Å². The molecule has 5 nitrogen and oxygen atoms in total. The smallest absolute Gasteiger partial charge is 0.160 e. The molecule has 2 atom stereocenters. The lowest BCUT2D eigenvalue weighted by atomic mass is 10.1. The quantitative estimate of drug-likeness (QED) is 0.877. The van der Waals surface area contributed by atoms with E-state index in [4.69, 9.17) is 0 Å². The first-order valence-electron chi connectivity index (χ1n) is 7.11. The van der Waals surface area contributed by atoms with Gasteiger partial charge in [0.1, 0.15) is 0 Å². The number of aromatic nitrogens is 3. The van der Waals surface area contributed by atoms with Crippen LogP contribution in [0.5, 0.6) is 0 Å². The van der Waals surface area contributed by atoms with Crippen LogP contribution in [0.25, 0.3) is 5.65 Å². The highest BCUT2D eigenvalue weighted by Crippen LogP contribution is 2.15. The van der Waals surface area contributed by atoms with Gasteiger partial charge in [-0.15, -0.1) is 10.2 Å². The molecule has 5 heteroatoms. The van der Waals surface area contributed by atoms with Crippen LogP contribution in [-0.2, 0) is 0 Å². The Morgan fingerprint density at radius 1 is 1.32 bits per heavy atom. The zero-order valence-electron chi connectivity index (χ0n) is 11.3. The van der Waals surface area contributed by atoms with E-state index in [0.29, 0.717) is 6.04 Å². The molecule has 19 heavy (non-hydrogen) atoms. The SMILES string of the molecule is CC(NC1CCCNCC1)c1nnc2ccccn12. The first-order valence-corrected chi connectivity index (χ1v) is 7.11. The highest BCUT2D eigenvalue weighted by Gasteiger charge is 2.18. The molecular weight excluding hydrogens is 238 g/mol. The van der Waals surface area contributed by atoms with E-state index in [1.165, 1.54) is 19.3 Å². The first-order chi connectivity index (χ1) is 9.34. The third-order valence-electron chi connectivity index (χ3n) is 3.79. The minimum Gasteiger partial charge on any atom is -0.317 e. The van der Waals surface area contributed by atoms with Crippen molar-refractivity contribution in [1.29, 1.82) is 0 Å². The molecule has 1 fully saturated rings. The minimum absolute atomic E-state index is 0.223. The average molecular weight is 259 g/mol. The van der Waals surface area contributed by atoms with Gasteiger partial charge in [0.05, 0.1) is 6.04 Å². The predicted molar refractivity (Wildman–Crippen MR) is 75.0 cm³/mol. The summed E-state index contributed by atoms with van der Waals surface area (Å²) in [6, 6.07) is 6.78. The van der Waals surface area contributed by atoms with Crippen molar-refractivity contribution in [2.45, 2.75) is 38.3 Å². The normalized spacial score (nSPS) is 22.3. The van der Waals surface area contributed by atoms with Crippen molar-refractivity contribution >= 4 is 5.65 Å². The maximum atomic E-state index is 4.32. The van der Waals surface area contributed by atoms with E-state index < -0.39 is 0 Å². The molecule has 0 amide bonds. The second-order valence-corrected chi connectivity index (χ2v) is 5.25. The summed E-state index contributed by atoms with van der Waals surface area (Å²) in [5, 5.41) is 15.7. The van der Waals surface area contributed by atoms with Crippen LogP contribution in [0, 0.1) is 0 Å². The summed E-state index contributed by atoms with van der Waals surface area (Å²) >= 11 is 0. The lowest BCUT2D eigenvalue weighted by molar-refractivity contribution is 0.409. The second kappa shape index (κ2) is 5.67. The van der Waals surface area contributed by atoms with Gasteiger partial charge in [-0.1, -0.05) is 6.07 Å². The van der Waals surface area contributed by atoms with Gasteiger partial charge in [0.25, 0.3) is 0 Å². The fraction of sp³-hybridized carbons (Fsp3) is 0.571. The van der Waals surface area contributed by atoms with E-state index in [-0.39, 0.29) is 6.04 Å². The molecule has 2 unspecified atom stereocenters. The van der Waals surface area contributed by atoms with Crippen LogP contribution in [-0.4, -0.2) is 33.7 Å². The maximum absolute atomic E-state index is 4.32. The minimum atomic E-state index is 0.223. The number of hydrogen-bond donors (Lipinski definition) is 2. The lowest BCUT2D eigenvalue weighted by Crippen LogP contribution is -2.33. The van der Waals surface area contributed by atoms with Crippen molar-refractivity contribution in [3.63, 3.8) is 0 Å². The topological polar surface area (TPSA) is 54.2 Å². The summed E-state index contributed by atoms with van der Waals surface area (Å²) in [7, 11) is 0. The van der Waals surface area contributed by atoms with Crippen LogP contribution in [0.1, 0.15) is 38.1 Å². The molecule has 0 saturated carbocycles. The number of nitrogens with one attached hydrogen (secondary N) is 2. The van der Waals surface area contributed by atoms with E-state index in [9.17, 15) is 0 Å². The Morgan fingerprint density at radius 2 is 2.26 bits per heavy atom. The number of fused-ring (bicyclic) bond motifs is 1. The molecule has 0 bridgehead atoms. The van der Waals surface area contributed by atoms with Crippen molar-refractivity contribution in [1.82, 2.24) is 25.2 Å². The molecule has 2 aromatic heterocycles. The van der Waals surface area contributed by atoms with Crippen LogP contribution in [0.4, 0.5) is 0 Å². The molecule has 0 aromatic carbocycles. The van der Waals surface area contributed by atoms with Crippen molar-refractivity contribution in [2.75, 3.05) is 13.1 Å². The molecule has 102 valence electrons. The molecule has 0 aliphatic carbocycles. The molecular formula is C14H21N5. The number of rotatable bonds is 3. The van der Waals surface area contributed by atoms with E-state index in [1.807, 2.05) is 24.4 Å². The molecule has 3 heterocycles. The van der Waals surface area contributed by atoms with E-state index in [2.05, 4.69) is 32.2 Å². The zero-order valence-corrected chi connectivity index (χ0v) is 11.3. The van der Waals surface area contributed by atoms with Gasteiger partial charge in [0, 0.05) is 12.2 Å². The summed E-state index contributed by atoms with van der Waals surface area (Å²) in [5.74, 6) is 0.993. The van der Waals surface area contributed by atoms with Gasteiger partial charge in [-0.2, -0.15) is 0 Å². The predicted octanol–water partition coefficient (Wildman–Crippen LogP) is 1.52. The Kier molecular flexibility index (Phi) is 3.75. The van der Waals surface area contributed by atoms with E-state index >= 15 is 0 Å². The van der Waals surface area contributed by atoms with Crippen LogP contribution >= 0.6 is 0 Å². The molecule has 1 saturated heterocycles. The largest absolute Gasteiger partial charge is 0.317 e. The summed E-state index contributed by atoms with van der Waals surface area (Å²) in [6.07, 6.45) is 5.68. The van der Waals surface area contributed by atoms with Gasteiger partial charge in [0.15, 0.2) is 11.5 Å². The third-order valence-corrected chi connectivity index (χ3v) is 3.79. The van der Waals surface area contributed by atoms with Crippen molar-refractivity contribution in [3.05, 3.63) is 30.2 Å². The van der Waals surface area contributed by atoms with Gasteiger partial charge in [-0.3, -0.25) is 4.40 Å². The Labute approximate surface area is 113 Å². The van der Waals surface area contributed by atoms with Crippen molar-refractivity contribution in [3.8, 4) is 0 Å². The van der Waals surface area contributed by atoms with E-state index in [1.54, 1.807) is 0 Å². The Balaban J connectivity index is 1.74. The third kappa shape index (κ3) is 2.77. The average Bonchev–Trinajstić information content (AvgIpc) is 2.70. The molecule has 0 radical (unpaired) electrons. The zero-order chi connectivity index (χ0) is 13.1. The fourth-order valence-electron chi connectivity index (χ4n) is 2.77. The standard InChI is InChI=1S/C14H21N5/c1-11(16-12-5-4-8-15-9-7-12)14-18-17-13-6-2-3-10-19(13)14/h2-3,6,10-12,15-16H,4-5,7-9H2,1H3. The second-order valence-electron chi connectivity index (χ2n) is 5.25. The fourth-order valence-corrected chi connectivity index (χ4v) is 2.77. The monoisotopic (exact) mass is 259 g/mol. The van der Waals surface area contributed by atoms with Gasteiger partial charge < -0.3 is 10.6 Å². The highest BCUT2D eigenvalue weighted by molar-refractivity contribution is 5.37. The lowest BCUT2D eigenvalue weighted by Gasteiger charge is -2.20. The number of hydrogen-bond acceptors (Lipinski definition) is 4. The van der Waals surface area contributed by atoms with Crippen molar-refractivity contribution in [2.24, 2.45) is 0 Å². The van der Waals surface area contributed by atoms with Crippen LogP contribution < -0.4 is 10.6 Å². The summed E-state index contributed by atoms with van der Waals surface area (Å²) in [5.41, 5.74) is 0.911. The van der Waals surface area contributed by atoms with Crippen LogP contribution in [0.2, 0.25) is 0 Å². The van der Waals surface area contributed by atoms with Crippen molar-refractivity contribution < 1.29 is 0 Å². The molecule has 2 aromatic rings. The van der Waals surface area contributed by atoms with Crippen LogP contribution in [0.3, 0.4) is 0 Å². The van der Waals surface area contributed by atoms with Gasteiger partial charge >= 0.3 is 0 Å². The maximum Gasteiger partial charge on any atom is 0.160 e. The van der Waals surface area contributed by atoms with Gasteiger partial charge in [-0.25, -0.2) is 0 Å².